The van der Waals surface area contributed by atoms with Crippen molar-refractivity contribution in [2.24, 2.45) is 0 Å². The van der Waals surface area contributed by atoms with Gasteiger partial charge in [0.1, 0.15) is 16.6 Å². The molecule has 2 N–H and O–H groups in total. The average molecular weight is 406 g/mol. The fourth-order valence-corrected chi connectivity index (χ4v) is 5.27. The van der Waals surface area contributed by atoms with Crippen molar-refractivity contribution in [1.29, 1.82) is 0 Å². The molecule has 2 aromatic rings. The number of anilines is 2. The molecule has 1 atom stereocenters. The van der Waals surface area contributed by atoms with Gasteiger partial charge in [-0.15, -0.1) is 0 Å². The molecule has 2 amide bonds. The van der Waals surface area contributed by atoms with Gasteiger partial charge in [0.15, 0.2) is 5.76 Å². The Kier molecular flexibility index (Phi) is 5.52. The van der Waals surface area contributed by atoms with Crippen LogP contribution in [-0.4, -0.2) is 42.3 Å². The zero-order valence-corrected chi connectivity index (χ0v) is 16.7. The number of carbonyl (C=O) groups is 2. The van der Waals surface area contributed by atoms with E-state index in [1.807, 2.05) is 0 Å². The van der Waals surface area contributed by atoms with Crippen LogP contribution in [0.3, 0.4) is 0 Å². The van der Waals surface area contributed by atoms with Crippen LogP contribution in [0.15, 0.2) is 33.7 Å². The fraction of sp³-hybridized carbons (Fsp3) is 0.389. The van der Waals surface area contributed by atoms with Crippen LogP contribution in [0, 0.1) is 13.8 Å². The maximum absolute atomic E-state index is 13.1. The van der Waals surface area contributed by atoms with Crippen molar-refractivity contribution >= 4 is 33.2 Å². The Balaban J connectivity index is 1.77. The van der Waals surface area contributed by atoms with Gasteiger partial charge < -0.3 is 15.2 Å². The molecule has 9 nitrogen and oxygen atoms in total. The molecule has 1 unspecified atom stereocenters. The van der Waals surface area contributed by atoms with Gasteiger partial charge >= 0.3 is 0 Å². The molecule has 1 aliphatic rings. The van der Waals surface area contributed by atoms with Crippen LogP contribution in [0.4, 0.5) is 11.4 Å². The summed E-state index contributed by atoms with van der Waals surface area (Å²) in [4.78, 5) is 23.8. The minimum Gasteiger partial charge on any atom is -0.360 e. The molecule has 1 fully saturated rings. The quantitative estimate of drug-likeness (QED) is 0.784. The third-order valence-corrected chi connectivity index (χ3v) is 6.67. The van der Waals surface area contributed by atoms with E-state index in [1.165, 1.54) is 18.2 Å². The molecule has 1 saturated heterocycles. The second kappa shape index (κ2) is 7.72. The number of nitrogens with one attached hydrogen (secondary N) is 2. The Morgan fingerprint density at radius 3 is 2.29 bits per heavy atom. The molecule has 1 aromatic heterocycles. The second-order valence-electron chi connectivity index (χ2n) is 6.67. The van der Waals surface area contributed by atoms with Crippen LogP contribution < -0.4 is 10.6 Å². The largest absolute Gasteiger partial charge is 0.360 e. The van der Waals surface area contributed by atoms with Crippen molar-refractivity contribution in [2.45, 2.75) is 44.6 Å². The summed E-state index contributed by atoms with van der Waals surface area (Å²) in [6.45, 7) is 4.76. The summed E-state index contributed by atoms with van der Waals surface area (Å²) in [6, 6.07) is 5.79. The third-order valence-electron chi connectivity index (χ3n) is 4.51. The first-order valence-electron chi connectivity index (χ1n) is 8.83. The summed E-state index contributed by atoms with van der Waals surface area (Å²) in [7, 11) is -3.89. The van der Waals surface area contributed by atoms with Gasteiger partial charge in [-0.3, -0.25) is 9.59 Å². The number of sulfonamides is 1. The molecule has 1 aliphatic heterocycles. The minimum atomic E-state index is -3.89. The molecule has 0 saturated carbocycles. The fourth-order valence-electron chi connectivity index (χ4n) is 3.32. The highest BCUT2D eigenvalue weighted by molar-refractivity contribution is 7.89. The van der Waals surface area contributed by atoms with Gasteiger partial charge in [0.05, 0.1) is 0 Å². The first-order valence-corrected chi connectivity index (χ1v) is 10.3. The highest BCUT2D eigenvalue weighted by atomic mass is 32.2. The average Bonchev–Trinajstić information content (AvgIpc) is 3.23. The summed E-state index contributed by atoms with van der Waals surface area (Å²) in [5, 5.41) is 9.09. The Morgan fingerprint density at radius 2 is 1.75 bits per heavy atom. The van der Waals surface area contributed by atoms with Crippen LogP contribution in [0.2, 0.25) is 0 Å². The van der Waals surface area contributed by atoms with Crippen molar-refractivity contribution in [3.63, 3.8) is 0 Å². The first-order chi connectivity index (χ1) is 13.2. The molecule has 0 aliphatic carbocycles. The van der Waals surface area contributed by atoms with E-state index >= 15 is 0 Å². The predicted molar refractivity (Wildman–Crippen MR) is 102 cm³/mol. The lowest BCUT2D eigenvalue weighted by molar-refractivity contribution is -0.119. The van der Waals surface area contributed by atoms with Gasteiger partial charge in [-0.2, -0.15) is 4.31 Å². The van der Waals surface area contributed by atoms with Crippen LogP contribution in [0.5, 0.6) is 0 Å². The molecular weight excluding hydrogens is 384 g/mol. The Bertz CT molecular complexity index is 978. The molecule has 10 heteroatoms. The monoisotopic (exact) mass is 406 g/mol. The van der Waals surface area contributed by atoms with Gasteiger partial charge in [-0.05, 0) is 51.0 Å². The van der Waals surface area contributed by atoms with E-state index in [0.29, 0.717) is 24.2 Å². The number of nitrogens with zero attached hydrogens (tertiary/aromatic N) is 2. The summed E-state index contributed by atoms with van der Waals surface area (Å²) < 4.78 is 32.3. The lowest BCUT2D eigenvalue weighted by Gasteiger charge is -2.23. The zero-order valence-electron chi connectivity index (χ0n) is 15.9. The molecule has 1 aromatic carbocycles. The van der Waals surface area contributed by atoms with E-state index in [2.05, 4.69) is 15.8 Å². The van der Waals surface area contributed by atoms with Crippen molar-refractivity contribution < 1.29 is 22.5 Å². The molecular formula is C18H22N4O5S. The lowest BCUT2D eigenvalue weighted by Crippen LogP contribution is -2.43. The zero-order chi connectivity index (χ0) is 20.5. The number of amides is 2. The number of carbonyl (C=O) groups excluding carboxylic acids is 2. The van der Waals surface area contributed by atoms with E-state index < -0.39 is 22.0 Å². The normalized spacial score (nSPS) is 17.5. The predicted octanol–water partition coefficient (Wildman–Crippen LogP) is 2.04. The highest BCUT2D eigenvalue weighted by Crippen LogP contribution is 2.30. The molecule has 28 heavy (non-hydrogen) atoms. The summed E-state index contributed by atoms with van der Waals surface area (Å²) >= 11 is 0. The van der Waals surface area contributed by atoms with Gasteiger partial charge in [-0.25, -0.2) is 8.42 Å². The number of aromatic nitrogens is 1. The van der Waals surface area contributed by atoms with E-state index in [-0.39, 0.29) is 28.8 Å². The van der Waals surface area contributed by atoms with Gasteiger partial charge in [0, 0.05) is 24.8 Å². The summed E-state index contributed by atoms with van der Waals surface area (Å²) in [5.74, 6) is -0.389. The molecule has 3 rings (SSSR count). The molecule has 0 spiro atoms. The Hall–Kier alpha value is -2.72. The topological polar surface area (TPSA) is 122 Å². The first kappa shape index (κ1) is 20.0. The Morgan fingerprint density at radius 1 is 1.14 bits per heavy atom. The second-order valence-corrected chi connectivity index (χ2v) is 8.50. The van der Waals surface area contributed by atoms with Crippen molar-refractivity contribution in [3.05, 3.63) is 35.7 Å². The van der Waals surface area contributed by atoms with Crippen LogP contribution in [0.1, 0.15) is 31.2 Å². The van der Waals surface area contributed by atoms with Crippen LogP contribution >= 0.6 is 0 Å². The van der Waals surface area contributed by atoms with Gasteiger partial charge in [0.2, 0.25) is 21.8 Å². The van der Waals surface area contributed by atoms with Crippen molar-refractivity contribution in [2.75, 3.05) is 17.2 Å². The van der Waals surface area contributed by atoms with Crippen LogP contribution in [-0.2, 0) is 19.6 Å². The maximum Gasteiger partial charge on any atom is 0.249 e. The molecule has 2 heterocycles. The SMILES string of the molecule is CC(=O)Nc1ccc(NC(=O)C2CCCN2S(=O)(=O)c2c(C)noc2C)cc1. The van der Waals surface area contributed by atoms with Gasteiger partial charge in [-0.1, -0.05) is 5.16 Å². The minimum absolute atomic E-state index is 0.0202. The van der Waals surface area contributed by atoms with E-state index in [9.17, 15) is 18.0 Å². The number of hydrogen-bond donors (Lipinski definition) is 2. The van der Waals surface area contributed by atoms with Gasteiger partial charge in [0.25, 0.3) is 0 Å². The highest BCUT2D eigenvalue weighted by Gasteiger charge is 2.41. The number of aryl methyl sites for hydroxylation is 2. The molecule has 150 valence electrons. The summed E-state index contributed by atoms with van der Waals surface area (Å²) in [6.07, 6.45) is 1.01. The summed E-state index contributed by atoms with van der Waals surface area (Å²) in [5.41, 5.74) is 1.40. The van der Waals surface area contributed by atoms with E-state index in [1.54, 1.807) is 31.2 Å². The molecule has 0 radical (unpaired) electrons. The molecule has 0 bridgehead atoms. The van der Waals surface area contributed by atoms with E-state index in [4.69, 9.17) is 4.52 Å². The van der Waals surface area contributed by atoms with Crippen molar-refractivity contribution in [1.82, 2.24) is 9.46 Å². The number of benzene rings is 1. The third kappa shape index (κ3) is 3.92. The van der Waals surface area contributed by atoms with E-state index in [0.717, 1.165) is 0 Å². The van der Waals surface area contributed by atoms with Crippen molar-refractivity contribution in [3.8, 4) is 0 Å². The number of hydrogen-bond acceptors (Lipinski definition) is 6. The standard InChI is InChI=1S/C18H22N4O5S/c1-11-17(12(2)27-21-11)28(25,26)22-10-4-5-16(22)18(24)20-15-8-6-14(7-9-15)19-13(3)23/h6-9,16H,4-5,10H2,1-3H3,(H,19,23)(H,20,24). The number of rotatable bonds is 5. The maximum atomic E-state index is 13.1. The van der Waals surface area contributed by atoms with Crippen LogP contribution in [0.25, 0.3) is 0 Å². The smallest absolute Gasteiger partial charge is 0.249 e. The Labute approximate surface area is 163 Å². The lowest BCUT2D eigenvalue weighted by atomic mass is 10.2.